The third-order valence-electron chi connectivity index (χ3n) is 28.1. The van der Waals surface area contributed by atoms with E-state index in [1.54, 1.807) is 0 Å². The molecule has 0 radical (unpaired) electrons. The van der Waals surface area contributed by atoms with E-state index in [0.29, 0.717) is 29.6 Å². The second-order valence-electron chi connectivity index (χ2n) is 37.1. The number of benzene rings is 5. The van der Waals surface area contributed by atoms with Gasteiger partial charge >= 0.3 is 0 Å². The average Bonchev–Trinajstić information content (AvgIpc) is 1.71. The molecule has 0 aromatic heterocycles. The lowest BCUT2D eigenvalue weighted by molar-refractivity contribution is 0.418. The summed E-state index contributed by atoms with van der Waals surface area (Å²) in [6.45, 7) is 22.5. The lowest BCUT2D eigenvalue weighted by Gasteiger charge is -2.22. The van der Waals surface area contributed by atoms with Crippen molar-refractivity contribution in [3.63, 3.8) is 0 Å². The number of unbranched alkanes of at least 4 members (excludes halogenated alkanes) is 25. The molecule has 0 bridgehead atoms. The SMILES string of the molecule is CCCCCCCCc1ccc(C2CCC(N)(CC)C2)cc1.CCCCCCCCc1ccc([C@@H]2CC[C@@](N)(CC)C2)cc1.CCCCCCCCc1ccc([C@@H]2CC[C@](N)(CC)C2)cc1.CCCCCCCCc1ccc([C@H]2CC[C@@](N)(CC)C2)cc1.CCCCCCCCc1ccc([C@H]2CC[C@](N)(CC)C2)cc1. The Morgan fingerprint density at radius 1 is 0.200 bits per heavy atom. The second kappa shape index (κ2) is 53.2. The first-order chi connectivity index (χ1) is 53.3. The van der Waals surface area contributed by atoms with Crippen LogP contribution in [0.3, 0.4) is 0 Å². The van der Waals surface area contributed by atoms with Crippen LogP contribution in [0, 0.1) is 0 Å². The van der Waals surface area contributed by atoms with E-state index in [9.17, 15) is 0 Å². The van der Waals surface area contributed by atoms with E-state index in [1.165, 1.54) is 377 Å². The van der Waals surface area contributed by atoms with Crippen LogP contribution in [-0.2, 0) is 32.1 Å². The molecule has 0 saturated heterocycles. The predicted octanol–water partition coefficient (Wildman–Crippen LogP) is 29.8. The van der Waals surface area contributed by atoms with Gasteiger partial charge in [-0.05, 0) is 278 Å². The minimum Gasteiger partial charge on any atom is -0.325 e. The number of hydrogen-bond acceptors (Lipinski definition) is 5. The molecule has 5 saturated carbocycles. The molecule has 5 aromatic carbocycles. The minimum atomic E-state index is 0.0990. The molecule has 2 unspecified atom stereocenters. The van der Waals surface area contributed by atoms with Gasteiger partial charge in [0.25, 0.3) is 0 Å². The average molecular weight is 1510 g/mol. The number of nitrogens with two attached hydrogens (primary N) is 5. The fourth-order valence-corrected chi connectivity index (χ4v) is 19.1. The standard InChI is InChI=1S/5C21H35N/c5*1-3-5-6-7-8-9-10-18-11-13-19(14-12-18)20-15-16-21(22,4-2)17-20/h5*11-14,20H,3-10,15-17,22H2,1-2H3/t2*20-,21+;2*20-,21-;/m1010./s1. The van der Waals surface area contributed by atoms with Gasteiger partial charge in [0.2, 0.25) is 0 Å². The highest BCUT2D eigenvalue weighted by molar-refractivity contribution is 5.32. The molecule has 0 spiro atoms. The fourth-order valence-electron chi connectivity index (χ4n) is 19.1. The van der Waals surface area contributed by atoms with Crippen LogP contribution in [0.15, 0.2) is 121 Å². The van der Waals surface area contributed by atoms with Crippen molar-refractivity contribution in [2.75, 3.05) is 0 Å². The molecular formula is C105H175N5. The quantitative estimate of drug-likeness (QED) is 0.0248. The molecule has 5 aliphatic rings. The van der Waals surface area contributed by atoms with Crippen molar-refractivity contribution in [3.05, 3.63) is 177 Å². The van der Waals surface area contributed by atoms with E-state index in [0.717, 1.165) is 32.1 Å². The largest absolute Gasteiger partial charge is 0.325 e. The summed E-state index contributed by atoms with van der Waals surface area (Å²) < 4.78 is 0. The number of hydrogen-bond donors (Lipinski definition) is 5. The normalized spacial score (nSPS) is 24.8. The van der Waals surface area contributed by atoms with Gasteiger partial charge in [-0.25, -0.2) is 0 Å². The summed E-state index contributed by atoms with van der Waals surface area (Å²) in [5, 5.41) is 0. The summed E-state index contributed by atoms with van der Waals surface area (Å²) in [5.74, 6) is 3.44. The van der Waals surface area contributed by atoms with Crippen molar-refractivity contribution in [1.29, 1.82) is 0 Å². The van der Waals surface area contributed by atoms with Crippen LogP contribution in [0.2, 0.25) is 0 Å². The van der Waals surface area contributed by atoms with Crippen molar-refractivity contribution >= 4 is 0 Å². The molecule has 5 nitrogen and oxygen atoms in total. The summed E-state index contributed by atoms with van der Waals surface area (Å²) in [5.41, 5.74) is 47.7. The van der Waals surface area contributed by atoms with Crippen LogP contribution < -0.4 is 28.7 Å². The van der Waals surface area contributed by atoms with E-state index in [-0.39, 0.29) is 27.7 Å². The van der Waals surface area contributed by atoms with Gasteiger partial charge < -0.3 is 28.7 Å². The Morgan fingerprint density at radius 3 is 0.464 bits per heavy atom. The number of aryl methyl sites for hydroxylation is 5. The lowest BCUT2D eigenvalue weighted by atomic mass is 9.91. The van der Waals surface area contributed by atoms with Crippen LogP contribution in [0.4, 0.5) is 0 Å². The van der Waals surface area contributed by atoms with Crippen LogP contribution >= 0.6 is 0 Å². The highest BCUT2D eigenvalue weighted by Crippen LogP contribution is 2.46. The zero-order chi connectivity index (χ0) is 79.2. The molecule has 0 aliphatic heterocycles. The Bertz CT molecular complexity index is 2590. The third kappa shape index (κ3) is 35.6. The predicted molar refractivity (Wildman–Crippen MR) is 487 cm³/mol. The third-order valence-corrected chi connectivity index (χ3v) is 28.1. The molecule has 0 amide bonds. The van der Waals surface area contributed by atoms with Crippen molar-refractivity contribution < 1.29 is 0 Å². The highest BCUT2D eigenvalue weighted by atomic mass is 14.8. The van der Waals surface area contributed by atoms with E-state index in [4.69, 9.17) is 28.7 Å². The Balaban J connectivity index is 0.000000215. The Morgan fingerprint density at radius 2 is 0.336 bits per heavy atom. The minimum absolute atomic E-state index is 0.0990. The topological polar surface area (TPSA) is 130 Å². The maximum atomic E-state index is 6.43. The molecule has 110 heavy (non-hydrogen) atoms. The summed E-state index contributed by atoms with van der Waals surface area (Å²) in [4.78, 5) is 0. The van der Waals surface area contributed by atoms with Gasteiger partial charge in [0, 0.05) is 27.7 Å². The van der Waals surface area contributed by atoms with Gasteiger partial charge in [0.05, 0.1) is 0 Å². The van der Waals surface area contributed by atoms with Crippen molar-refractivity contribution in [2.24, 2.45) is 28.7 Å². The summed E-state index contributed by atoms with van der Waals surface area (Å²) in [6, 6.07) is 47.1. The second-order valence-corrected chi connectivity index (χ2v) is 37.1. The van der Waals surface area contributed by atoms with Crippen LogP contribution in [-0.4, -0.2) is 27.7 Å². The molecule has 5 heteroatoms. The molecule has 0 heterocycles. The molecule has 5 aliphatic carbocycles. The van der Waals surface area contributed by atoms with Crippen molar-refractivity contribution in [2.45, 2.75) is 480 Å². The molecule has 10 rings (SSSR count). The van der Waals surface area contributed by atoms with Gasteiger partial charge in [-0.15, -0.1) is 0 Å². The monoisotopic (exact) mass is 1510 g/mol. The summed E-state index contributed by atoms with van der Waals surface area (Å²) in [6.07, 6.45) is 71.3. The van der Waals surface area contributed by atoms with E-state index >= 15 is 0 Å². The molecule has 5 fully saturated rings. The number of rotatable bonds is 45. The first kappa shape index (κ1) is 94.8. The summed E-state index contributed by atoms with van der Waals surface area (Å²) >= 11 is 0. The zero-order valence-electron chi connectivity index (χ0n) is 73.7. The van der Waals surface area contributed by atoms with E-state index in [1.807, 2.05) is 0 Å². The van der Waals surface area contributed by atoms with Crippen LogP contribution in [0.25, 0.3) is 0 Å². The Labute approximate surface area is 681 Å². The lowest BCUT2D eigenvalue weighted by Crippen LogP contribution is -2.35. The molecule has 5 aromatic rings. The highest BCUT2D eigenvalue weighted by Gasteiger charge is 2.39. The van der Waals surface area contributed by atoms with Crippen LogP contribution in [0.1, 0.15) is 476 Å². The van der Waals surface area contributed by atoms with Crippen molar-refractivity contribution in [3.8, 4) is 0 Å². The zero-order valence-corrected chi connectivity index (χ0v) is 73.7. The van der Waals surface area contributed by atoms with Gasteiger partial charge in [-0.2, -0.15) is 0 Å². The van der Waals surface area contributed by atoms with Crippen LogP contribution in [0.5, 0.6) is 0 Å². The molecule has 10 N–H and O–H groups in total. The molecular weight excluding hydrogens is 1330 g/mol. The maximum absolute atomic E-state index is 6.43. The van der Waals surface area contributed by atoms with Gasteiger partial charge in [0.15, 0.2) is 0 Å². The molecule has 620 valence electrons. The Hall–Kier alpha value is -4.10. The first-order valence-electron chi connectivity index (χ1n) is 47.7. The smallest absolute Gasteiger partial charge is 0.0157 e. The first-order valence-corrected chi connectivity index (χ1v) is 47.7. The fraction of sp³-hybridized carbons (Fsp3) is 0.714. The van der Waals surface area contributed by atoms with Gasteiger partial charge in [-0.1, -0.05) is 351 Å². The Kier molecular flexibility index (Phi) is 45.8. The van der Waals surface area contributed by atoms with Gasteiger partial charge in [0.1, 0.15) is 0 Å². The van der Waals surface area contributed by atoms with E-state index < -0.39 is 0 Å². The van der Waals surface area contributed by atoms with Gasteiger partial charge in [-0.3, -0.25) is 0 Å². The van der Waals surface area contributed by atoms with Crippen molar-refractivity contribution in [1.82, 2.24) is 0 Å². The maximum Gasteiger partial charge on any atom is 0.0157 e. The summed E-state index contributed by atoms with van der Waals surface area (Å²) in [7, 11) is 0. The molecule has 10 atom stereocenters. The van der Waals surface area contributed by atoms with E-state index in [2.05, 4.69) is 191 Å².